The maximum atomic E-state index is 13.4. The zero-order chi connectivity index (χ0) is 23.1. The van der Waals surface area contributed by atoms with Gasteiger partial charge < -0.3 is 5.11 Å². The largest absolute Gasteiger partial charge is 0.464 e. The van der Waals surface area contributed by atoms with Crippen LogP contribution < -0.4 is 16.3 Å². The third kappa shape index (κ3) is 5.25. The number of amides is 3. The molecule has 0 unspecified atom stereocenters. The fourth-order valence-corrected chi connectivity index (χ4v) is 3.03. The second-order valence-electron chi connectivity index (χ2n) is 6.76. The molecule has 0 saturated heterocycles. The Bertz CT molecular complexity index is 1120. The molecule has 166 valence electrons. The van der Waals surface area contributed by atoms with Crippen LogP contribution in [0.1, 0.15) is 46.2 Å². The molecule has 0 radical (unpaired) electrons. The summed E-state index contributed by atoms with van der Waals surface area (Å²) < 4.78 is 13.4. The molecular weight excluding hydrogens is 419 g/mol. The number of carbonyl (C=O) groups is 3. The molecule has 32 heavy (non-hydrogen) atoms. The summed E-state index contributed by atoms with van der Waals surface area (Å²) in [5, 5.41) is 13.4. The Kier molecular flexibility index (Phi) is 7.11. The van der Waals surface area contributed by atoms with Gasteiger partial charge in [0.2, 0.25) is 0 Å². The molecule has 2 heterocycles. The number of carbonyl (C=O) groups excluding carboxylic acids is 2. The second-order valence-corrected chi connectivity index (χ2v) is 6.76. The molecule has 0 atom stereocenters. The number of pyridine rings is 1. The van der Waals surface area contributed by atoms with E-state index in [1.807, 2.05) is 6.92 Å². The number of benzene rings is 1. The van der Waals surface area contributed by atoms with Crippen molar-refractivity contribution in [3.63, 3.8) is 0 Å². The molecule has 2 aromatic heterocycles. The Balaban J connectivity index is 1.97. The molecule has 10 nitrogen and oxygen atoms in total. The number of halogens is 1. The summed E-state index contributed by atoms with van der Waals surface area (Å²) in [6, 6.07) is 8.56. The van der Waals surface area contributed by atoms with E-state index in [1.54, 1.807) is 6.07 Å². The third-order valence-electron chi connectivity index (χ3n) is 4.51. The summed E-state index contributed by atoms with van der Waals surface area (Å²) in [6.45, 7) is 1.96. The standard InChI is InChI=1S/C21H21FN6O4/c1-2-3-6-16-17(13-7-9-15(22)10-8-13)26-28(27-21(31)32)18(16)20(30)25-24-19(29)14-5-4-11-23-12-14/h4-5,7-12,27H,2-3,6H2,1H3,(H,24,29)(H,25,30)(H,31,32). The summed E-state index contributed by atoms with van der Waals surface area (Å²) in [5.41, 5.74) is 8.04. The Labute approximate surface area is 182 Å². The van der Waals surface area contributed by atoms with Crippen molar-refractivity contribution >= 4 is 17.9 Å². The normalized spacial score (nSPS) is 10.4. The fourth-order valence-electron chi connectivity index (χ4n) is 3.03. The van der Waals surface area contributed by atoms with E-state index in [2.05, 4.69) is 26.4 Å². The van der Waals surface area contributed by atoms with Crippen molar-refractivity contribution < 1.29 is 23.9 Å². The predicted molar refractivity (Wildman–Crippen MR) is 113 cm³/mol. The number of hydrogen-bond donors (Lipinski definition) is 4. The Morgan fingerprint density at radius 3 is 2.44 bits per heavy atom. The third-order valence-corrected chi connectivity index (χ3v) is 4.51. The predicted octanol–water partition coefficient (Wildman–Crippen LogP) is 2.72. The van der Waals surface area contributed by atoms with Crippen LogP contribution in [0.2, 0.25) is 0 Å². The number of hydrogen-bond acceptors (Lipinski definition) is 5. The summed E-state index contributed by atoms with van der Waals surface area (Å²) in [4.78, 5) is 41.1. The molecule has 1 aromatic carbocycles. The molecule has 0 fully saturated rings. The van der Waals surface area contributed by atoms with Crippen LogP contribution in [0.25, 0.3) is 11.3 Å². The maximum absolute atomic E-state index is 13.4. The number of rotatable bonds is 7. The van der Waals surface area contributed by atoms with Crippen molar-refractivity contribution in [3.05, 3.63) is 71.4 Å². The quantitative estimate of drug-likeness (QED) is 0.417. The number of carboxylic acid groups (broad SMARTS) is 1. The molecule has 0 aliphatic heterocycles. The minimum atomic E-state index is -1.44. The van der Waals surface area contributed by atoms with E-state index in [-0.39, 0.29) is 11.3 Å². The smallest absolute Gasteiger partial charge is 0.425 e. The van der Waals surface area contributed by atoms with Gasteiger partial charge in [-0.2, -0.15) is 9.89 Å². The first-order chi connectivity index (χ1) is 15.4. The molecule has 4 N–H and O–H groups in total. The number of nitrogens with one attached hydrogen (secondary N) is 3. The van der Waals surface area contributed by atoms with Crippen LogP contribution in [0, 0.1) is 5.82 Å². The molecule has 0 aliphatic carbocycles. The number of nitrogens with zero attached hydrogens (tertiary/aromatic N) is 3. The minimum absolute atomic E-state index is 0.0911. The second kappa shape index (κ2) is 10.2. The minimum Gasteiger partial charge on any atom is -0.464 e. The molecule has 3 aromatic rings. The highest BCUT2D eigenvalue weighted by atomic mass is 19.1. The lowest BCUT2D eigenvalue weighted by molar-refractivity contribution is 0.0840. The Hall–Kier alpha value is -4.28. The Morgan fingerprint density at radius 2 is 1.81 bits per heavy atom. The SMILES string of the molecule is CCCCc1c(-c2ccc(F)cc2)nn(NC(=O)O)c1C(=O)NNC(=O)c1cccnc1. The van der Waals surface area contributed by atoms with Gasteiger partial charge in [-0.3, -0.25) is 25.4 Å². The van der Waals surface area contributed by atoms with E-state index < -0.39 is 23.7 Å². The van der Waals surface area contributed by atoms with Gasteiger partial charge in [-0.15, -0.1) is 0 Å². The molecular formula is C21H21FN6O4. The van der Waals surface area contributed by atoms with Crippen molar-refractivity contribution in [2.45, 2.75) is 26.2 Å². The topological polar surface area (TPSA) is 138 Å². The van der Waals surface area contributed by atoms with Crippen LogP contribution in [0.3, 0.4) is 0 Å². The lowest BCUT2D eigenvalue weighted by atomic mass is 10.0. The van der Waals surface area contributed by atoms with Crippen LogP contribution in [-0.4, -0.2) is 37.9 Å². The van der Waals surface area contributed by atoms with Gasteiger partial charge in [-0.1, -0.05) is 13.3 Å². The van der Waals surface area contributed by atoms with Crippen LogP contribution in [-0.2, 0) is 6.42 Å². The molecule has 0 spiro atoms. The first-order valence-corrected chi connectivity index (χ1v) is 9.79. The highest BCUT2D eigenvalue weighted by molar-refractivity contribution is 6.00. The summed E-state index contributed by atoms with van der Waals surface area (Å²) in [5.74, 6) is -1.82. The Morgan fingerprint density at radius 1 is 1.09 bits per heavy atom. The number of unbranched alkanes of at least 4 members (excludes halogenated alkanes) is 1. The van der Waals surface area contributed by atoms with Crippen molar-refractivity contribution in [1.82, 2.24) is 25.7 Å². The van der Waals surface area contributed by atoms with E-state index >= 15 is 0 Å². The molecule has 0 aliphatic rings. The lowest BCUT2D eigenvalue weighted by Gasteiger charge is -2.11. The van der Waals surface area contributed by atoms with Crippen molar-refractivity contribution in [2.24, 2.45) is 0 Å². The monoisotopic (exact) mass is 440 g/mol. The van der Waals surface area contributed by atoms with E-state index in [1.165, 1.54) is 42.7 Å². The van der Waals surface area contributed by atoms with Crippen LogP contribution >= 0.6 is 0 Å². The average molecular weight is 440 g/mol. The van der Waals surface area contributed by atoms with Crippen LogP contribution in [0.5, 0.6) is 0 Å². The van der Waals surface area contributed by atoms with Gasteiger partial charge in [-0.05, 0) is 49.2 Å². The number of aromatic nitrogens is 3. The van der Waals surface area contributed by atoms with Gasteiger partial charge in [0.05, 0.1) is 11.3 Å². The van der Waals surface area contributed by atoms with Gasteiger partial charge in [0.25, 0.3) is 11.8 Å². The van der Waals surface area contributed by atoms with E-state index in [0.29, 0.717) is 29.7 Å². The summed E-state index contributed by atoms with van der Waals surface area (Å²) in [6.07, 6.45) is 3.30. The van der Waals surface area contributed by atoms with Crippen LogP contribution in [0.4, 0.5) is 9.18 Å². The molecule has 3 rings (SSSR count). The van der Waals surface area contributed by atoms with Crippen molar-refractivity contribution in [2.75, 3.05) is 5.43 Å². The van der Waals surface area contributed by atoms with Crippen molar-refractivity contribution in [1.29, 1.82) is 0 Å². The molecule has 0 saturated carbocycles. The fraction of sp³-hybridized carbons (Fsp3) is 0.190. The van der Waals surface area contributed by atoms with E-state index in [9.17, 15) is 23.9 Å². The molecule has 0 bridgehead atoms. The number of hydrazine groups is 1. The van der Waals surface area contributed by atoms with Gasteiger partial charge in [0, 0.05) is 23.5 Å². The van der Waals surface area contributed by atoms with Crippen LogP contribution in [0.15, 0.2) is 48.8 Å². The zero-order valence-electron chi connectivity index (χ0n) is 17.1. The van der Waals surface area contributed by atoms with Gasteiger partial charge >= 0.3 is 6.09 Å². The van der Waals surface area contributed by atoms with E-state index in [0.717, 1.165) is 11.2 Å². The van der Waals surface area contributed by atoms with E-state index in [4.69, 9.17) is 0 Å². The molecule has 3 amide bonds. The van der Waals surface area contributed by atoms with Gasteiger partial charge in [0.1, 0.15) is 5.82 Å². The average Bonchev–Trinajstić information content (AvgIpc) is 3.14. The lowest BCUT2D eigenvalue weighted by Crippen LogP contribution is -2.43. The first-order valence-electron chi connectivity index (χ1n) is 9.79. The molecule has 11 heteroatoms. The van der Waals surface area contributed by atoms with Crippen molar-refractivity contribution in [3.8, 4) is 11.3 Å². The summed E-state index contributed by atoms with van der Waals surface area (Å²) >= 11 is 0. The van der Waals surface area contributed by atoms with Gasteiger partial charge in [-0.25, -0.2) is 14.6 Å². The maximum Gasteiger partial charge on any atom is 0.425 e. The highest BCUT2D eigenvalue weighted by Gasteiger charge is 2.26. The first kappa shape index (κ1) is 22.4. The highest BCUT2D eigenvalue weighted by Crippen LogP contribution is 2.27. The zero-order valence-corrected chi connectivity index (χ0v) is 17.1. The summed E-state index contributed by atoms with van der Waals surface area (Å²) in [7, 11) is 0. The van der Waals surface area contributed by atoms with Gasteiger partial charge in [0.15, 0.2) is 5.69 Å².